The molecule has 0 radical (unpaired) electrons. The number of Topliss-reactive ketones (excluding diaryl/α,β-unsaturated/α-hetero) is 1. The standard InChI is InChI=1S/C26H24O5/c1-13-10-16-6-8-18(25(30-4)22(16)20(28)11-13)19-9-7-17-12-14(2)21(15(3)27)24(29)23(17)26(19)31-5/h6-12,28-29H,1-5H3. The number of aryl methyl sites for hydroxylation is 2. The van der Waals surface area contributed by atoms with E-state index in [1.54, 1.807) is 20.1 Å². The lowest BCUT2D eigenvalue weighted by Crippen LogP contribution is -2.00. The molecule has 0 aromatic heterocycles. The van der Waals surface area contributed by atoms with Gasteiger partial charge in [0, 0.05) is 11.1 Å². The molecular weight excluding hydrogens is 392 g/mol. The van der Waals surface area contributed by atoms with Gasteiger partial charge in [0.2, 0.25) is 0 Å². The highest BCUT2D eigenvalue weighted by molar-refractivity contribution is 6.09. The second kappa shape index (κ2) is 7.51. The van der Waals surface area contributed by atoms with Crippen LogP contribution in [-0.2, 0) is 0 Å². The van der Waals surface area contributed by atoms with E-state index >= 15 is 0 Å². The van der Waals surface area contributed by atoms with Gasteiger partial charge in [-0.05, 0) is 60.9 Å². The number of carbonyl (C=O) groups excluding carboxylic acids is 1. The summed E-state index contributed by atoms with van der Waals surface area (Å²) in [7, 11) is 3.08. The molecule has 4 aromatic carbocycles. The molecule has 0 aliphatic heterocycles. The molecular formula is C26H24O5. The van der Waals surface area contributed by atoms with E-state index in [9.17, 15) is 15.0 Å². The van der Waals surface area contributed by atoms with E-state index in [1.165, 1.54) is 14.0 Å². The molecule has 4 aromatic rings. The van der Waals surface area contributed by atoms with Crippen LogP contribution in [0.4, 0.5) is 0 Å². The number of aromatic hydroxyl groups is 2. The minimum atomic E-state index is -0.215. The van der Waals surface area contributed by atoms with Crippen molar-refractivity contribution in [3.63, 3.8) is 0 Å². The lowest BCUT2D eigenvalue weighted by Gasteiger charge is -2.19. The van der Waals surface area contributed by atoms with Crippen LogP contribution in [0.3, 0.4) is 0 Å². The monoisotopic (exact) mass is 416 g/mol. The van der Waals surface area contributed by atoms with Crippen LogP contribution in [0.5, 0.6) is 23.0 Å². The normalized spacial score (nSPS) is 11.1. The first-order valence-electron chi connectivity index (χ1n) is 9.93. The Balaban J connectivity index is 2.12. The molecule has 0 bridgehead atoms. The zero-order chi connectivity index (χ0) is 22.4. The third kappa shape index (κ3) is 3.13. The van der Waals surface area contributed by atoms with E-state index in [4.69, 9.17) is 9.47 Å². The molecule has 31 heavy (non-hydrogen) atoms. The van der Waals surface area contributed by atoms with Gasteiger partial charge in [-0.15, -0.1) is 0 Å². The van der Waals surface area contributed by atoms with E-state index < -0.39 is 0 Å². The number of hydrogen-bond donors (Lipinski definition) is 2. The van der Waals surface area contributed by atoms with Crippen molar-refractivity contribution >= 4 is 27.3 Å². The van der Waals surface area contributed by atoms with Gasteiger partial charge in [0.25, 0.3) is 0 Å². The molecule has 158 valence electrons. The number of carbonyl (C=O) groups is 1. The summed E-state index contributed by atoms with van der Waals surface area (Å²) >= 11 is 0. The molecule has 0 heterocycles. The summed E-state index contributed by atoms with van der Waals surface area (Å²) in [4.78, 5) is 12.1. The summed E-state index contributed by atoms with van der Waals surface area (Å²) in [6.07, 6.45) is 0. The number of rotatable bonds is 4. The van der Waals surface area contributed by atoms with Crippen LogP contribution in [0, 0.1) is 13.8 Å². The van der Waals surface area contributed by atoms with E-state index in [-0.39, 0.29) is 22.8 Å². The quantitative estimate of drug-likeness (QED) is 0.405. The summed E-state index contributed by atoms with van der Waals surface area (Å²) in [5, 5.41) is 24.3. The van der Waals surface area contributed by atoms with Crippen molar-refractivity contribution in [2.24, 2.45) is 0 Å². The van der Waals surface area contributed by atoms with Crippen LogP contribution in [0.15, 0.2) is 42.5 Å². The van der Waals surface area contributed by atoms with Crippen molar-refractivity contribution in [2.75, 3.05) is 14.2 Å². The maximum atomic E-state index is 12.1. The first-order chi connectivity index (χ1) is 14.8. The number of phenols is 2. The first-order valence-corrected chi connectivity index (χ1v) is 9.93. The molecule has 0 saturated carbocycles. The van der Waals surface area contributed by atoms with Crippen molar-refractivity contribution in [2.45, 2.75) is 20.8 Å². The van der Waals surface area contributed by atoms with Gasteiger partial charge < -0.3 is 19.7 Å². The van der Waals surface area contributed by atoms with Crippen molar-refractivity contribution < 1.29 is 24.5 Å². The zero-order valence-corrected chi connectivity index (χ0v) is 18.2. The molecule has 0 unspecified atom stereocenters. The van der Waals surface area contributed by atoms with Gasteiger partial charge in [-0.3, -0.25) is 4.79 Å². The average Bonchev–Trinajstić information content (AvgIpc) is 2.71. The van der Waals surface area contributed by atoms with Gasteiger partial charge >= 0.3 is 0 Å². The number of ketones is 1. The SMILES string of the molecule is COc1c(-c2ccc3cc(C)c(C(C)=O)c(O)c3c2OC)ccc2cc(C)cc(O)c12. The minimum Gasteiger partial charge on any atom is -0.507 e. The third-order valence-corrected chi connectivity index (χ3v) is 5.67. The summed E-state index contributed by atoms with van der Waals surface area (Å²) < 4.78 is 11.5. The lowest BCUT2D eigenvalue weighted by molar-refractivity contribution is 0.101. The summed E-state index contributed by atoms with van der Waals surface area (Å²) in [5.41, 5.74) is 3.32. The predicted octanol–water partition coefficient (Wildman–Crippen LogP) is 5.91. The number of methoxy groups -OCH3 is 2. The Bertz CT molecular complexity index is 1370. The Labute approximate surface area is 180 Å². The van der Waals surface area contributed by atoms with E-state index in [0.29, 0.717) is 39.0 Å². The molecule has 5 nitrogen and oxygen atoms in total. The number of ether oxygens (including phenoxy) is 2. The Morgan fingerprint density at radius 3 is 1.90 bits per heavy atom. The van der Waals surface area contributed by atoms with Crippen molar-refractivity contribution in [1.82, 2.24) is 0 Å². The molecule has 0 aliphatic carbocycles. The van der Waals surface area contributed by atoms with Crippen LogP contribution in [-0.4, -0.2) is 30.2 Å². The topological polar surface area (TPSA) is 76.0 Å². The second-order valence-corrected chi connectivity index (χ2v) is 7.75. The van der Waals surface area contributed by atoms with E-state index in [0.717, 1.165) is 16.3 Å². The Morgan fingerprint density at radius 2 is 1.35 bits per heavy atom. The van der Waals surface area contributed by atoms with Gasteiger partial charge in [-0.2, -0.15) is 0 Å². The van der Waals surface area contributed by atoms with Crippen molar-refractivity contribution in [1.29, 1.82) is 0 Å². The maximum absolute atomic E-state index is 12.1. The van der Waals surface area contributed by atoms with Gasteiger partial charge in [0.05, 0.1) is 30.6 Å². The van der Waals surface area contributed by atoms with E-state index in [2.05, 4.69) is 0 Å². The number of hydrogen-bond acceptors (Lipinski definition) is 5. The molecule has 5 heteroatoms. The van der Waals surface area contributed by atoms with Crippen LogP contribution >= 0.6 is 0 Å². The van der Waals surface area contributed by atoms with Crippen molar-refractivity contribution in [3.05, 3.63) is 59.2 Å². The molecule has 0 saturated heterocycles. The van der Waals surface area contributed by atoms with Gasteiger partial charge in [0.15, 0.2) is 5.78 Å². The molecule has 2 N–H and O–H groups in total. The fraction of sp³-hybridized carbons (Fsp3) is 0.192. The summed E-state index contributed by atoms with van der Waals surface area (Å²) in [5.74, 6) is 0.756. The predicted molar refractivity (Wildman–Crippen MR) is 123 cm³/mol. The highest BCUT2D eigenvalue weighted by atomic mass is 16.5. The first kappa shape index (κ1) is 20.5. The zero-order valence-electron chi connectivity index (χ0n) is 18.2. The van der Waals surface area contributed by atoms with Gasteiger partial charge in [0.1, 0.15) is 23.0 Å². The smallest absolute Gasteiger partial charge is 0.163 e. The van der Waals surface area contributed by atoms with Crippen LogP contribution in [0.25, 0.3) is 32.7 Å². The molecule has 0 atom stereocenters. The minimum absolute atomic E-state index is 0.0978. The van der Waals surface area contributed by atoms with E-state index in [1.807, 2.05) is 43.3 Å². The summed E-state index contributed by atoms with van der Waals surface area (Å²) in [6, 6.07) is 13.1. The molecule has 0 aliphatic rings. The number of fused-ring (bicyclic) bond motifs is 2. The lowest BCUT2D eigenvalue weighted by atomic mass is 9.92. The number of benzene rings is 4. The Hall–Kier alpha value is -3.73. The molecule has 0 amide bonds. The number of phenolic OH excluding ortho intramolecular Hbond substituents is 2. The second-order valence-electron chi connectivity index (χ2n) is 7.75. The third-order valence-electron chi connectivity index (χ3n) is 5.67. The van der Waals surface area contributed by atoms with Crippen LogP contribution < -0.4 is 9.47 Å². The average molecular weight is 416 g/mol. The fourth-order valence-corrected chi connectivity index (χ4v) is 4.43. The van der Waals surface area contributed by atoms with Gasteiger partial charge in [-0.1, -0.05) is 24.3 Å². The summed E-state index contributed by atoms with van der Waals surface area (Å²) in [6.45, 7) is 5.15. The van der Waals surface area contributed by atoms with Gasteiger partial charge in [-0.25, -0.2) is 0 Å². The molecule has 0 fully saturated rings. The molecule has 0 spiro atoms. The van der Waals surface area contributed by atoms with Crippen molar-refractivity contribution in [3.8, 4) is 34.1 Å². The highest BCUT2D eigenvalue weighted by Crippen LogP contribution is 2.48. The Kier molecular flexibility index (Phi) is 4.97. The maximum Gasteiger partial charge on any atom is 0.163 e. The largest absolute Gasteiger partial charge is 0.507 e. The fourth-order valence-electron chi connectivity index (χ4n) is 4.43. The van der Waals surface area contributed by atoms with Crippen LogP contribution in [0.2, 0.25) is 0 Å². The molecule has 4 rings (SSSR count). The highest BCUT2D eigenvalue weighted by Gasteiger charge is 2.22. The Morgan fingerprint density at radius 1 is 0.806 bits per heavy atom. The van der Waals surface area contributed by atoms with Crippen LogP contribution in [0.1, 0.15) is 28.4 Å².